The number of nitrogens with one attached hydrogen (secondary N) is 2. The molecule has 1 aromatic carbocycles. The molecule has 2 heterocycles. The number of carbonyl (C=O) groups is 1. The lowest BCUT2D eigenvalue weighted by atomic mass is 10.1. The molecule has 2 N–H and O–H groups in total. The molecule has 5 nitrogen and oxygen atoms in total. The maximum absolute atomic E-state index is 12.2. The Morgan fingerprint density at radius 2 is 2.00 bits per heavy atom. The monoisotopic (exact) mass is 256 g/mol. The molecule has 3 rings (SSSR count). The highest BCUT2D eigenvalue weighted by atomic mass is 16.2. The van der Waals surface area contributed by atoms with Crippen LogP contribution in [0.1, 0.15) is 35.9 Å². The molecule has 0 saturated carbocycles. The highest BCUT2D eigenvalue weighted by Gasteiger charge is 2.28. The summed E-state index contributed by atoms with van der Waals surface area (Å²) in [7, 11) is 1.96. The number of anilines is 3. The first kappa shape index (κ1) is 11.8. The van der Waals surface area contributed by atoms with Gasteiger partial charge in [-0.05, 0) is 18.1 Å². The first-order valence-corrected chi connectivity index (χ1v) is 6.32. The Hall–Kier alpha value is -2.30. The van der Waals surface area contributed by atoms with Crippen LogP contribution in [0.5, 0.6) is 0 Å². The van der Waals surface area contributed by atoms with E-state index in [-0.39, 0.29) is 11.8 Å². The van der Waals surface area contributed by atoms with Gasteiger partial charge in [0.05, 0.1) is 22.8 Å². The molecular weight excluding hydrogens is 240 g/mol. The van der Waals surface area contributed by atoms with Gasteiger partial charge in [0.15, 0.2) is 0 Å². The third-order valence-electron chi connectivity index (χ3n) is 3.39. The summed E-state index contributed by atoms with van der Waals surface area (Å²) in [5.41, 5.74) is 4.07. The van der Waals surface area contributed by atoms with Crippen LogP contribution in [0.25, 0.3) is 0 Å². The Morgan fingerprint density at radius 3 is 2.74 bits per heavy atom. The zero-order valence-corrected chi connectivity index (χ0v) is 11.2. The van der Waals surface area contributed by atoms with Crippen LogP contribution in [0.3, 0.4) is 0 Å². The molecule has 98 valence electrons. The molecule has 0 spiro atoms. The summed E-state index contributed by atoms with van der Waals surface area (Å²) >= 11 is 0. The Morgan fingerprint density at radius 1 is 1.26 bits per heavy atom. The topological polar surface area (TPSA) is 61.0 Å². The molecule has 1 aliphatic heterocycles. The number of hydrogen-bond donors (Lipinski definition) is 2. The summed E-state index contributed by atoms with van der Waals surface area (Å²) in [5.74, 6) is 0.103. The van der Waals surface area contributed by atoms with E-state index in [9.17, 15) is 4.79 Å². The predicted octanol–water partition coefficient (Wildman–Crippen LogP) is 2.87. The van der Waals surface area contributed by atoms with E-state index in [2.05, 4.69) is 29.4 Å². The molecule has 0 aliphatic carbocycles. The van der Waals surface area contributed by atoms with E-state index in [1.54, 1.807) is 0 Å². The van der Waals surface area contributed by atoms with Crippen molar-refractivity contribution in [3.63, 3.8) is 0 Å². The Kier molecular flexibility index (Phi) is 2.55. The number of amides is 1. The number of fused-ring (bicyclic) bond motifs is 2. The fourth-order valence-electron chi connectivity index (χ4n) is 2.43. The van der Waals surface area contributed by atoms with Gasteiger partial charge in [-0.1, -0.05) is 26.0 Å². The van der Waals surface area contributed by atoms with Crippen LogP contribution in [0, 0.1) is 0 Å². The van der Waals surface area contributed by atoms with Gasteiger partial charge in [0.2, 0.25) is 0 Å². The molecule has 1 aliphatic rings. The van der Waals surface area contributed by atoms with Crippen molar-refractivity contribution >= 4 is 23.0 Å². The first-order valence-electron chi connectivity index (χ1n) is 6.32. The smallest absolute Gasteiger partial charge is 0.275 e. The van der Waals surface area contributed by atoms with Crippen molar-refractivity contribution in [1.29, 1.82) is 0 Å². The van der Waals surface area contributed by atoms with E-state index in [0.717, 1.165) is 22.8 Å². The molecule has 1 aromatic heterocycles. The summed E-state index contributed by atoms with van der Waals surface area (Å²) < 4.78 is 0. The van der Waals surface area contributed by atoms with Crippen molar-refractivity contribution in [3.05, 3.63) is 35.7 Å². The third kappa shape index (κ3) is 1.69. The van der Waals surface area contributed by atoms with Gasteiger partial charge in [0.1, 0.15) is 5.69 Å². The maximum atomic E-state index is 12.2. The Bertz CT molecular complexity index is 645. The summed E-state index contributed by atoms with van der Waals surface area (Å²) in [6.07, 6.45) is 0. The Balaban J connectivity index is 2.25. The van der Waals surface area contributed by atoms with Crippen LogP contribution in [0.4, 0.5) is 17.1 Å². The van der Waals surface area contributed by atoms with Crippen LogP contribution < -0.4 is 10.2 Å². The minimum absolute atomic E-state index is 0.147. The second-order valence-corrected chi connectivity index (χ2v) is 5.02. The number of aromatic nitrogens is 2. The number of rotatable bonds is 1. The van der Waals surface area contributed by atoms with Gasteiger partial charge in [-0.15, -0.1) is 0 Å². The summed E-state index contributed by atoms with van der Waals surface area (Å²) in [5, 5.41) is 10.1. The molecule has 1 amide bonds. The summed E-state index contributed by atoms with van der Waals surface area (Å²) in [4.78, 5) is 14.3. The van der Waals surface area contributed by atoms with Crippen LogP contribution in [-0.4, -0.2) is 23.2 Å². The molecule has 0 radical (unpaired) electrons. The van der Waals surface area contributed by atoms with Crippen LogP contribution in [0.2, 0.25) is 0 Å². The van der Waals surface area contributed by atoms with Crippen LogP contribution in [0.15, 0.2) is 24.3 Å². The largest absolute Gasteiger partial charge is 0.339 e. The van der Waals surface area contributed by atoms with E-state index in [0.29, 0.717) is 5.69 Å². The third-order valence-corrected chi connectivity index (χ3v) is 3.39. The number of hydrogen-bond acceptors (Lipinski definition) is 3. The lowest BCUT2D eigenvalue weighted by Crippen LogP contribution is -2.13. The highest BCUT2D eigenvalue weighted by Crippen LogP contribution is 2.39. The average Bonchev–Trinajstić information content (AvgIpc) is 2.79. The van der Waals surface area contributed by atoms with Gasteiger partial charge in [0, 0.05) is 7.05 Å². The fraction of sp³-hybridized carbons (Fsp3) is 0.286. The first-order chi connectivity index (χ1) is 9.09. The van der Waals surface area contributed by atoms with E-state index in [4.69, 9.17) is 0 Å². The predicted molar refractivity (Wildman–Crippen MR) is 75.1 cm³/mol. The zero-order valence-electron chi connectivity index (χ0n) is 11.2. The van der Waals surface area contributed by atoms with Gasteiger partial charge in [-0.2, -0.15) is 5.10 Å². The molecule has 2 aromatic rings. The quantitative estimate of drug-likeness (QED) is 0.824. The molecule has 19 heavy (non-hydrogen) atoms. The molecule has 0 atom stereocenters. The normalized spacial score (nSPS) is 13.9. The van der Waals surface area contributed by atoms with Gasteiger partial charge in [0.25, 0.3) is 5.91 Å². The van der Waals surface area contributed by atoms with Gasteiger partial charge in [-0.3, -0.25) is 9.89 Å². The van der Waals surface area contributed by atoms with E-state index >= 15 is 0 Å². The summed E-state index contributed by atoms with van der Waals surface area (Å²) in [6, 6.07) is 7.76. The number of aromatic amines is 1. The van der Waals surface area contributed by atoms with Gasteiger partial charge < -0.3 is 10.2 Å². The lowest BCUT2D eigenvalue weighted by molar-refractivity contribution is 0.102. The van der Waals surface area contributed by atoms with Crippen molar-refractivity contribution < 1.29 is 4.79 Å². The van der Waals surface area contributed by atoms with Crippen molar-refractivity contribution in [1.82, 2.24) is 10.2 Å². The number of nitrogens with zero attached hydrogens (tertiary/aromatic N) is 2. The Labute approximate surface area is 111 Å². The summed E-state index contributed by atoms with van der Waals surface area (Å²) in [6.45, 7) is 4.14. The number of para-hydroxylation sites is 2. The van der Waals surface area contributed by atoms with Crippen molar-refractivity contribution in [2.75, 3.05) is 17.3 Å². The minimum atomic E-state index is -0.147. The molecule has 0 saturated heterocycles. The van der Waals surface area contributed by atoms with E-state index in [1.807, 2.05) is 36.2 Å². The van der Waals surface area contributed by atoms with E-state index in [1.165, 1.54) is 0 Å². The van der Waals surface area contributed by atoms with Crippen molar-refractivity contribution in [2.24, 2.45) is 0 Å². The highest BCUT2D eigenvalue weighted by molar-refractivity contribution is 6.11. The van der Waals surface area contributed by atoms with Crippen LogP contribution >= 0.6 is 0 Å². The molecular formula is C14H16N4O. The second-order valence-electron chi connectivity index (χ2n) is 5.02. The average molecular weight is 256 g/mol. The zero-order chi connectivity index (χ0) is 13.6. The molecule has 0 bridgehead atoms. The molecule has 0 unspecified atom stereocenters. The molecule has 5 heteroatoms. The van der Waals surface area contributed by atoms with E-state index < -0.39 is 0 Å². The number of carbonyl (C=O) groups excluding carboxylic acids is 1. The SMILES string of the molecule is CC(C)c1n[nH]c2c1N(C)c1ccccc1NC2=O. The van der Waals surface area contributed by atoms with Crippen molar-refractivity contribution in [3.8, 4) is 0 Å². The number of benzene rings is 1. The number of H-pyrrole nitrogens is 1. The lowest BCUT2D eigenvalue weighted by Gasteiger charge is -2.20. The minimum Gasteiger partial charge on any atom is -0.339 e. The molecule has 0 fully saturated rings. The van der Waals surface area contributed by atoms with Gasteiger partial charge >= 0.3 is 0 Å². The maximum Gasteiger partial charge on any atom is 0.275 e. The fourth-order valence-corrected chi connectivity index (χ4v) is 2.43. The standard InChI is InChI=1S/C14H16N4O/c1-8(2)11-13-12(17-16-11)14(19)15-9-6-4-5-7-10(9)18(13)3/h4-8H,1-3H3,(H,15,19)(H,16,17). The van der Waals surface area contributed by atoms with Crippen molar-refractivity contribution in [2.45, 2.75) is 19.8 Å². The second kappa shape index (κ2) is 4.12. The van der Waals surface area contributed by atoms with Crippen LogP contribution in [-0.2, 0) is 0 Å². The van der Waals surface area contributed by atoms with Gasteiger partial charge in [-0.25, -0.2) is 0 Å².